The molecule has 3 N–H and O–H groups in total. The Balaban J connectivity index is 0.00000264. The average molecular weight is 364 g/mol. The van der Waals surface area contributed by atoms with Gasteiger partial charge < -0.3 is 16.0 Å². The number of carbonyl (C=O) groups excluding carboxylic acids is 1. The van der Waals surface area contributed by atoms with E-state index in [-0.39, 0.29) is 35.5 Å². The highest BCUT2D eigenvalue weighted by Crippen LogP contribution is 2.27. The maximum absolute atomic E-state index is 13.6. The predicted molar refractivity (Wildman–Crippen MR) is 94.7 cm³/mol. The van der Waals surface area contributed by atoms with Crippen LogP contribution in [0.15, 0.2) is 18.2 Å². The standard InChI is InChI=1S/C16H23ClFN3O.ClH/c1-16(2)10-21(7-5-14(16)19)8-6-15(22)20-13-4-3-11(17)9-12(13)18;/h3-4,9,14H,5-8,10,19H2,1-2H3,(H,20,22);1H. The molecule has 130 valence electrons. The van der Waals surface area contributed by atoms with Gasteiger partial charge in [0.15, 0.2) is 0 Å². The molecule has 0 radical (unpaired) electrons. The summed E-state index contributed by atoms with van der Waals surface area (Å²) in [4.78, 5) is 14.2. The summed E-state index contributed by atoms with van der Waals surface area (Å²) in [6.07, 6.45) is 1.26. The molecule has 1 amide bonds. The third-order valence-electron chi connectivity index (χ3n) is 4.25. The van der Waals surface area contributed by atoms with E-state index in [9.17, 15) is 9.18 Å². The maximum atomic E-state index is 13.6. The smallest absolute Gasteiger partial charge is 0.225 e. The molecule has 23 heavy (non-hydrogen) atoms. The molecule has 0 saturated carbocycles. The highest BCUT2D eigenvalue weighted by atomic mass is 35.5. The number of piperidine rings is 1. The molecule has 0 aromatic heterocycles. The van der Waals surface area contributed by atoms with Gasteiger partial charge in [-0.25, -0.2) is 4.39 Å². The van der Waals surface area contributed by atoms with Crippen molar-refractivity contribution < 1.29 is 9.18 Å². The molecular weight excluding hydrogens is 340 g/mol. The van der Waals surface area contributed by atoms with Gasteiger partial charge in [-0.3, -0.25) is 4.79 Å². The Morgan fingerprint density at radius 2 is 2.22 bits per heavy atom. The van der Waals surface area contributed by atoms with E-state index in [2.05, 4.69) is 24.1 Å². The minimum absolute atomic E-state index is 0. The van der Waals surface area contributed by atoms with E-state index in [1.54, 1.807) is 6.07 Å². The summed E-state index contributed by atoms with van der Waals surface area (Å²) in [6.45, 7) is 6.71. The lowest BCUT2D eigenvalue weighted by molar-refractivity contribution is -0.116. The van der Waals surface area contributed by atoms with E-state index in [0.717, 1.165) is 19.5 Å². The molecule has 0 spiro atoms. The van der Waals surface area contributed by atoms with Crippen molar-refractivity contribution in [3.63, 3.8) is 0 Å². The molecule has 1 saturated heterocycles. The Morgan fingerprint density at radius 3 is 2.83 bits per heavy atom. The molecule has 1 aliphatic heterocycles. The molecule has 1 aromatic carbocycles. The third kappa shape index (κ3) is 5.60. The van der Waals surface area contributed by atoms with Crippen LogP contribution in [0.4, 0.5) is 10.1 Å². The molecule has 2 rings (SSSR count). The summed E-state index contributed by atoms with van der Waals surface area (Å²) in [7, 11) is 0. The van der Waals surface area contributed by atoms with Crippen LogP contribution in [0.2, 0.25) is 5.02 Å². The van der Waals surface area contributed by atoms with Gasteiger partial charge in [-0.05, 0) is 36.6 Å². The van der Waals surface area contributed by atoms with Gasteiger partial charge in [0.2, 0.25) is 5.91 Å². The van der Waals surface area contributed by atoms with Crippen molar-refractivity contribution in [3.05, 3.63) is 29.0 Å². The van der Waals surface area contributed by atoms with Crippen molar-refractivity contribution in [2.75, 3.05) is 25.0 Å². The van der Waals surface area contributed by atoms with Crippen LogP contribution >= 0.6 is 24.0 Å². The molecule has 1 aliphatic rings. The summed E-state index contributed by atoms with van der Waals surface area (Å²) in [5, 5.41) is 2.89. The summed E-state index contributed by atoms with van der Waals surface area (Å²) >= 11 is 5.69. The summed E-state index contributed by atoms with van der Waals surface area (Å²) in [5.41, 5.74) is 6.32. The monoisotopic (exact) mass is 363 g/mol. The lowest BCUT2D eigenvalue weighted by Gasteiger charge is -2.42. The van der Waals surface area contributed by atoms with Crippen molar-refractivity contribution in [3.8, 4) is 0 Å². The first-order chi connectivity index (χ1) is 10.3. The number of carbonyl (C=O) groups is 1. The van der Waals surface area contributed by atoms with Gasteiger partial charge in [-0.2, -0.15) is 0 Å². The van der Waals surface area contributed by atoms with Crippen LogP contribution in [-0.4, -0.2) is 36.5 Å². The van der Waals surface area contributed by atoms with Crippen LogP contribution in [0.25, 0.3) is 0 Å². The first kappa shape index (κ1) is 20.2. The normalized spacial score (nSPS) is 20.7. The summed E-state index contributed by atoms with van der Waals surface area (Å²) in [5.74, 6) is -0.722. The molecule has 1 fully saturated rings. The number of halogens is 3. The minimum Gasteiger partial charge on any atom is -0.327 e. The van der Waals surface area contributed by atoms with Crippen LogP contribution < -0.4 is 11.1 Å². The maximum Gasteiger partial charge on any atom is 0.225 e. The van der Waals surface area contributed by atoms with Gasteiger partial charge in [0.1, 0.15) is 5.82 Å². The van der Waals surface area contributed by atoms with Gasteiger partial charge >= 0.3 is 0 Å². The number of likely N-dealkylation sites (tertiary alicyclic amines) is 1. The number of rotatable bonds is 4. The van der Waals surface area contributed by atoms with E-state index >= 15 is 0 Å². The molecule has 1 heterocycles. The molecule has 1 aromatic rings. The van der Waals surface area contributed by atoms with Crippen LogP contribution in [0.1, 0.15) is 26.7 Å². The zero-order valence-corrected chi connectivity index (χ0v) is 15.0. The Labute approximate surface area is 148 Å². The van der Waals surface area contributed by atoms with E-state index in [0.29, 0.717) is 18.0 Å². The number of amides is 1. The Bertz CT molecular complexity index is 554. The molecular formula is C16H24Cl2FN3O. The average Bonchev–Trinajstić information content (AvgIpc) is 2.43. The number of nitrogens with two attached hydrogens (primary N) is 1. The fourth-order valence-electron chi connectivity index (χ4n) is 2.74. The zero-order valence-electron chi connectivity index (χ0n) is 13.4. The topological polar surface area (TPSA) is 58.4 Å². The lowest BCUT2D eigenvalue weighted by Crippen LogP contribution is -2.52. The van der Waals surface area contributed by atoms with Crippen LogP contribution in [0.5, 0.6) is 0 Å². The number of nitrogens with one attached hydrogen (secondary N) is 1. The Morgan fingerprint density at radius 1 is 1.52 bits per heavy atom. The Kier molecular flexibility index (Phi) is 7.27. The molecule has 1 atom stereocenters. The third-order valence-corrected chi connectivity index (χ3v) is 4.49. The van der Waals surface area contributed by atoms with Gasteiger partial charge in [0, 0.05) is 30.6 Å². The van der Waals surface area contributed by atoms with Crippen molar-refractivity contribution in [1.82, 2.24) is 4.90 Å². The summed E-state index contributed by atoms with van der Waals surface area (Å²) in [6, 6.07) is 4.40. The van der Waals surface area contributed by atoms with Gasteiger partial charge in [-0.15, -0.1) is 12.4 Å². The predicted octanol–water partition coefficient (Wildman–Crippen LogP) is 3.29. The fourth-order valence-corrected chi connectivity index (χ4v) is 2.90. The first-order valence-electron chi connectivity index (χ1n) is 7.51. The second-order valence-electron chi connectivity index (χ2n) is 6.58. The van der Waals surface area contributed by atoms with Gasteiger partial charge in [-0.1, -0.05) is 25.4 Å². The molecule has 0 aliphatic carbocycles. The second kappa shape index (κ2) is 8.29. The minimum atomic E-state index is -0.522. The van der Waals surface area contributed by atoms with Crippen molar-refractivity contribution >= 4 is 35.6 Å². The number of benzene rings is 1. The van der Waals surface area contributed by atoms with E-state index in [1.165, 1.54) is 12.1 Å². The number of nitrogens with zero attached hydrogens (tertiary/aromatic N) is 1. The van der Waals surface area contributed by atoms with Crippen molar-refractivity contribution in [2.45, 2.75) is 32.7 Å². The van der Waals surface area contributed by atoms with E-state index in [4.69, 9.17) is 17.3 Å². The molecule has 7 heteroatoms. The highest BCUT2D eigenvalue weighted by molar-refractivity contribution is 6.30. The fraction of sp³-hybridized carbons (Fsp3) is 0.562. The first-order valence-corrected chi connectivity index (χ1v) is 7.88. The van der Waals surface area contributed by atoms with Crippen LogP contribution in [0, 0.1) is 11.2 Å². The lowest BCUT2D eigenvalue weighted by atomic mass is 9.80. The molecule has 4 nitrogen and oxygen atoms in total. The SMILES string of the molecule is CC1(C)CN(CCC(=O)Nc2ccc(Cl)cc2F)CCC1N.Cl. The second-order valence-corrected chi connectivity index (χ2v) is 7.02. The molecule has 0 bridgehead atoms. The van der Waals surface area contributed by atoms with Crippen molar-refractivity contribution in [1.29, 1.82) is 0 Å². The van der Waals surface area contributed by atoms with E-state index < -0.39 is 5.82 Å². The highest BCUT2D eigenvalue weighted by Gasteiger charge is 2.33. The quantitative estimate of drug-likeness (QED) is 0.862. The van der Waals surface area contributed by atoms with Crippen LogP contribution in [0.3, 0.4) is 0 Å². The number of anilines is 1. The summed E-state index contributed by atoms with van der Waals surface area (Å²) < 4.78 is 13.6. The van der Waals surface area contributed by atoms with Gasteiger partial charge in [0.25, 0.3) is 0 Å². The Hall–Kier alpha value is -0.880. The van der Waals surface area contributed by atoms with E-state index in [1.807, 2.05) is 0 Å². The van der Waals surface area contributed by atoms with Crippen molar-refractivity contribution in [2.24, 2.45) is 11.1 Å². The van der Waals surface area contributed by atoms with Crippen LogP contribution in [-0.2, 0) is 4.79 Å². The largest absolute Gasteiger partial charge is 0.327 e. The number of hydrogen-bond acceptors (Lipinski definition) is 3. The number of hydrogen-bond donors (Lipinski definition) is 2. The van der Waals surface area contributed by atoms with Gasteiger partial charge in [0.05, 0.1) is 5.69 Å². The zero-order chi connectivity index (χ0) is 16.3. The molecule has 1 unspecified atom stereocenters.